The van der Waals surface area contributed by atoms with E-state index in [1.807, 2.05) is 42.5 Å². The van der Waals surface area contributed by atoms with Gasteiger partial charge in [-0.15, -0.1) is 21.7 Å². The topological polar surface area (TPSA) is 263 Å². The Balaban J connectivity index is 0.000000355. The van der Waals surface area contributed by atoms with Gasteiger partial charge in [0, 0.05) is 30.7 Å². The Kier molecular flexibility index (Phi) is 22.0. The molecule has 0 radical (unpaired) electrons. The molecular weight excluding hydrogens is 777 g/mol. The van der Waals surface area contributed by atoms with Crippen molar-refractivity contribution in [2.75, 3.05) is 13.2 Å². The minimum Gasteiger partial charge on any atom is -0.870 e. The number of pyridine rings is 4. The predicted molar refractivity (Wildman–Crippen MR) is 191 cm³/mol. The van der Waals surface area contributed by atoms with Crippen LogP contribution in [0.25, 0.3) is 17.3 Å². The number of hydrogen-bond acceptors (Lipinski definition) is 16. The second-order valence-electron chi connectivity index (χ2n) is 9.20. The fraction of sp³-hybridized carbons (Fsp3) is 0.121. The molecule has 55 heavy (non-hydrogen) atoms. The number of halogens is 1. The second-order valence-corrected chi connectivity index (χ2v) is 10.0. The van der Waals surface area contributed by atoms with E-state index < -0.39 is 17.9 Å². The van der Waals surface area contributed by atoms with Crippen LogP contribution in [0.15, 0.2) is 115 Å². The molecule has 7 aromatic rings. The Morgan fingerprint density at radius 3 is 1.71 bits per heavy atom. The molecule has 7 rings (SSSR count). The zero-order valence-corrected chi connectivity index (χ0v) is 31.1. The number of aromatic carboxylic acids is 1. The zero-order chi connectivity index (χ0) is 38.3. The van der Waals surface area contributed by atoms with Crippen LogP contribution in [0.4, 0.5) is 0 Å². The largest absolute Gasteiger partial charge is 1.00 e. The van der Waals surface area contributed by atoms with Crippen LogP contribution in [0.1, 0.15) is 34.8 Å². The minimum atomic E-state index is -1.10. The molecule has 7 heterocycles. The summed E-state index contributed by atoms with van der Waals surface area (Å²) in [4.78, 5) is 43.8. The molecule has 278 valence electrons. The van der Waals surface area contributed by atoms with Gasteiger partial charge in [0.25, 0.3) is 0 Å². The molecule has 0 spiro atoms. The van der Waals surface area contributed by atoms with Gasteiger partial charge in [-0.05, 0) is 88.7 Å². The zero-order valence-electron chi connectivity index (χ0n) is 29.5. The third-order valence-corrected chi connectivity index (χ3v) is 6.05. The first kappa shape index (κ1) is 46.3. The molecule has 20 nitrogen and oxygen atoms in total. The summed E-state index contributed by atoms with van der Waals surface area (Å²) in [7, 11) is 0. The molecule has 0 atom stereocenters. The van der Waals surface area contributed by atoms with E-state index in [1.54, 1.807) is 79.4 Å². The van der Waals surface area contributed by atoms with E-state index in [1.165, 1.54) is 21.8 Å². The Morgan fingerprint density at radius 2 is 1.29 bits per heavy atom. The molecule has 0 saturated heterocycles. The number of fused-ring (bicyclic) bond motifs is 1. The molecule has 0 aliphatic rings. The van der Waals surface area contributed by atoms with E-state index in [0.29, 0.717) is 24.8 Å². The third-order valence-electron chi connectivity index (χ3n) is 5.58. The van der Waals surface area contributed by atoms with Crippen molar-refractivity contribution >= 4 is 39.5 Å². The minimum absolute atomic E-state index is 0. The summed E-state index contributed by atoms with van der Waals surface area (Å²) < 4.78 is 14.3. The number of terminal acetylenes is 1. The predicted octanol–water partition coefficient (Wildman–Crippen LogP) is 0.178. The Hall–Kier alpha value is -6.71. The molecule has 0 fully saturated rings. The van der Waals surface area contributed by atoms with Crippen LogP contribution >= 0.6 is 15.9 Å². The summed E-state index contributed by atoms with van der Waals surface area (Å²) >= 11 is 3.20. The van der Waals surface area contributed by atoms with E-state index >= 15 is 0 Å². The average molecular weight is 809 g/mol. The van der Waals surface area contributed by atoms with Gasteiger partial charge in [0.05, 0.1) is 25.6 Å². The van der Waals surface area contributed by atoms with Crippen LogP contribution in [-0.4, -0.2) is 107 Å². The number of ether oxygens (including phenoxy) is 2. The van der Waals surface area contributed by atoms with Crippen LogP contribution < -0.4 is 18.9 Å². The van der Waals surface area contributed by atoms with Gasteiger partial charge in [-0.3, -0.25) is 0 Å². The summed E-state index contributed by atoms with van der Waals surface area (Å²) in [6.07, 6.45) is 14.2. The second kappa shape index (κ2) is 26.1. The van der Waals surface area contributed by atoms with Gasteiger partial charge in [-0.1, -0.05) is 34.7 Å². The van der Waals surface area contributed by atoms with Crippen molar-refractivity contribution in [2.24, 2.45) is 0 Å². The van der Waals surface area contributed by atoms with E-state index in [4.69, 9.17) is 9.84 Å². The molecule has 0 unspecified atom stereocenters. The maximum atomic E-state index is 11.3. The third kappa shape index (κ3) is 16.7. The molecule has 22 heteroatoms. The number of carboxylic acids is 1. The summed E-state index contributed by atoms with van der Waals surface area (Å²) in [6, 6.07) is 22.0. The van der Waals surface area contributed by atoms with Gasteiger partial charge in [0.1, 0.15) is 4.60 Å². The molecular formula is C33H31BrLiN13O7. The standard InChI is InChI=1S/C10H10N4O2.C8H6N4O2.C5H4BrN.C5H4N4.C5H6O2.Li.H2O/c1-2-16-10(15)8-7-14(13-12-8)9-5-3-4-6-11-9;13-8(14)6-5-12(11-10-6)7-3-1-2-4-9-7;6-5-3-1-2-4-7-5;1-2-4-9-5(3-1)6-7-8-9;1-3-5(6)7-4-2;;/h3-7H,2H2,1H3;1-5H,(H,13,14);1-4H;1-4H;1H,4H2,2H3;;1H2/q;;;;;+1;/p-1. The van der Waals surface area contributed by atoms with Gasteiger partial charge in [0.15, 0.2) is 28.7 Å². The maximum absolute atomic E-state index is 11.3. The number of carbonyl (C=O) groups is 3. The van der Waals surface area contributed by atoms with E-state index in [9.17, 15) is 14.4 Å². The van der Waals surface area contributed by atoms with Crippen molar-refractivity contribution in [1.29, 1.82) is 0 Å². The first-order chi connectivity index (χ1) is 25.7. The summed E-state index contributed by atoms with van der Waals surface area (Å²) in [5.74, 6) is 0.761. The van der Waals surface area contributed by atoms with Crippen LogP contribution in [0, 0.1) is 12.3 Å². The molecule has 0 aliphatic carbocycles. The maximum Gasteiger partial charge on any atom is 1.00 e. The average Bonchev–Trinajstić information content (AvgIpc) is 3.99. The van der Waals surface area contributed by atoms with Crippen LogP contribution in [-0.2, 0) is 14.3 Å². The van der Waals surface area contributed by atoms with Gasteiger partial charge in [-0.2, -0.15) is 0 Å². The Morgan fingerprint density at radius 1 is 0.745 bits per heavy atom. The van der Waals surface area contributed by atoms with Gasteiger partial charge >= 0.3 is 36.8 Å². The fourth-order valence-corrected chi connectivity index (χ4v) is 3.60. The Bertz CT molecular complexity index is 2150. The van der Waals surface area contributed by atoms with E-state index in [-0.39, 0.29) is 35.7 Å². The van der Waals surface area contributed by atoms with Crippen molar-refractivity contribution in [3.63, 3.8) is 0 Å². The quantitative estimate of drug-likeness (QED) is 0.0772. The number of hydrogen-bond donors (Lipinski definition) is 1. The number of rotatable bonds is 6. The molecule has 0 aliphatic heterocycles. The van der Waals surface area contributed by atoms with Crippen molar-refractivity contribution < 1.29 is 53.3 Å². The van der Waals surface area contributed by atoms with Gasteiger partial charge < -0.3 is 20.1 Å². The van der Waals surface area contributed by atoms with Crippen molar-refractivity contribution in [1.82, 2.24) is 65.0 Å². The summed E-state index contributed by atoms with van der Waals surface area (Å²) in [5.41, 5.74) is 0.848. The number of carbonyl (C=O) groups excluding carboxylic acids is 2. The number of carboxylic acid groups (broad SMARTS) is 1. The van der Waals surface area contributed by atoms with Crippen molar-refractivity contribution in [3.8, 4) is 24.0 Å². The van der Waals surface area contributed by atoms with E-state index in [2.05, 4.69) is 78.2 Å². The molecule has 0 saturated carbocycles. The van der Waals surface area contributed by atoms with Crippen LogP contribution in [0.5, 0.6) is 0 Å². The smallest absolute Gasteiger partial charge is 0.870 e. The van der Waals surface area contributed by atoms with Crippen LogP contribution in [0.3, 0.4) is 0 Å². The normalized spacial score (nSPS) is 9.13. The Labute approximate surface area is 333 Å². The fourth-order valence-electron chi connectivity index (χ4n) is 3.33. The van der Waals surface area contributed by atoms with Crippen molar-refractivity contribution in [3.05, 3.63) is 126 Å². The monoisotopic (exact) mass is 807 g/mol. The first-order valence-electron chi connectivity index (χ1n) is 15.2. The molecule has 0 amide bonds. The molecule has 0 bridgehead atoms. The van der Waals surface area contributed by atoms with E-state index in [0.717, 1.165) is 10.3 Å². The van der Waals surface area contributed by atoms with Crippen LogP contribution in [0.2, 0.25) is 0 Å². The number of esters is 2. The molecule has 7 aromatic heterocycles. The number of tetrazole rings is 1. The summed E-state index contributed by atoms with van der Waals surface area (Å²) in [6.45, 7) is 4.11. The van der Waals surface area contributed by atoms with Gasteiger partial charge in [0.2, 0.25) is 0 Å². The molecule has 0 aromatic carbocycles. The van der Waals surface area contributed by atoms with Gasteiger partial charge in [-0.25, -0.2) is 43.2 Å². The number of aromatic nitrogens is 13. The number of nitrogens with zero attached hydrogens (tertiary/aromatic N) is 13. The summed E-state index contributed by atoms with van der Waals surface area (Å²) in [5, 5.41) is 34.1. The molecule has 2 N–H and O–H groups in total. The first-order valence-corrected chi connectivity index (χ1v) is 16.0. The SMILES string of the molecule is Brc1ccccn1.C#CC(=O)OCC.CCOC(=O)c1cn(-c2ccccn2)nn1.O=C(O)c1cn(-c2ccccn2)nn1.[Li+].[OH-].c1ccn2nnnc2c1. The van der Waals surface area contributed by atoms with Crippen molar-refractivity contribution in [2.45, 2.75) is 13.8 Å².